The van der Waals surface area contributed by atoms with Gasteiger partial charge in [-0.25, -0.2) is 0 Å². The minimum Gasteiger partial charge on any atom is -0.355 e. The lowest BCUT2D eigenvalue weighted by molar-refractivity contribution is -0.136. The first kappa shape index (κ1) is 17.2. The number of nitrogens with one attached hydrogen (secondary N) is 2. The number of carbonyl (C=O) groups is 2. The highest BCUT2D eigenvalue weighted by Gasteiger charge is 2.29. The normalized spacial score (nSPS) is 11.1. The zero-order valence-corrected chi connectivity index (χ0v) is 13.5. The van der Waals surface area contributed by atoms with E-state index in [0.717, 1.165) is 12.1 Å². The van der Waals surface area contributed by atoms with Crippen LogP contribution in [-0.4, -0.2) is 42.9 Å². The molecule has 0 heterocycles. The first-order chi connectivity index (χ1) is 9.81. The lowest BCUT2D eigenvalue weighted by Crippen LogP contribution is -2.52. The monoisotopic (exact) mass is 291 g/mol. The summed E-state index contributed by atoms with van der Waals surface area (Å²) in [5.74, 6) is -0.0704. The molecule has 2 amide bonds. The molecule has 21 heavy (non-hydrogen) atoms. The molecule has 0 saturated carbocycles. The Balaban J connectivity index is 2.72. The van der Waals surface area contributed by atoms with E-state index in [9.17, 15) is 9.59 Å². The summed E-state index contributed by atoms with van der Waals surface area (Å²) in [6.45, 7) is 7.00. The topological polar surface area (TPSA) is 61.4 Å². The van der Waals surface area contributed by atoms with E-state index >= 15 is 0 Å². The molecule has 0 aliphatic rings. The summed E-state index contributed by atoms with van der Waals surface area (Å²) >= 11 is 0. The zero-order valence-electron chi connectivity index (χ0n) is 13.5. The van der Waals surface area contributed by atoms with Gasteiger partial charge in [-0.2, -0.15) is 0 Å². The highest BCUT2D eigenvalue weighted by Crippen LogP contribution is 2.11. The van der Waals surface area contributed by atoms with Gasteiger partial charge in [0, 0.05) is 26.2 Å². The Morgan fingerprint density at radius 1 is 1.19 bits per heavy atom. The van der Waals surface area contributed by atoms with Gasteiger partial charge in [-0.1, -0.05) is 19.1 Å². The predicted octanol–water partition coefficient (Wildman–Crippen LogP) is 1.39. The van der Waals surface area contributed by atoms with E-state index in [1.165, 1.54) is 0 Å². The average molecular weight is 291 g/mol. The number of benzene rings is 1. The van der Waals surface area contributed by atoms with Crippen LogP contribution in [0.3, 0.4) is 0 Å². The number of rotatable bonds is 6. The minimum atomic E-state index is -0.578. The molecule has 5 heteroatoms. The summed E-state index contributed by atoms with van der Waals surface area (Å²) < 4.78 is 0. The van der Waals surface area contributed by atoms with Crippen molar-refractivity contribution in [3.8, 4) is 0 Å². The van der Waals surface area contributed by atoms with Crippen LogP contribution in [0.1, 0.15) is 36.7 Å². The second-order valence-corrected chi connectivity index (χ2v) is 5.59. The number of hydrogen-bond donors (Lipinski definition) is 2. The van der Waals surface area contributed by atoms with Crippen LogP contribution in [0.2, 0.25) is 0 Å². The van der Waals surface area contributed by atoms with Crippen molar-refractivity contribution in [2.24, 2.45) is 0 Å². The summed E-state index contributed by atoms with van der Waals surface area (Å²) in [5.41, 5.74) is 1.03. The maximum atomic E-state index is 12.4. The van der Waals surface area contributed by atoms with Crippen LogP contribution in [0.4, 0.5) is 0 Å². The number of carbonyl (C=O) groups excluding carboxylic acids is 2. The fourth-order valence-corrected chi connectivity index (χ4v) is 2.25. The smallest absolute Gasteiger partial charge is 0.251 e. The van der Waals surface area contributed by atoms with Crippen LogP contribution in [0.25, 0.3) is 0 Å². The van der Waals surface area contributed by atoms with Crippen molar-refractivity contribution >= 4 is 11.8 Å². The molecular formula is C16H25N3O2. The SMILES string of the molecule is CCNC(C)(C)C(=O)N(C)Cc1ccc(C(=O)NC)cc1. The van der Waals surface area contributed by atoms with E-state index in [1.54, 1.807) is 31.1 Å². The molecule has 5 nitrogen and oxygen atoms in total. The fourth-order valence-electron chi connectivity index (χ4n) is 2.25. The third-order valence-corrected chi connectivity index (χ3v) is 3.36. The highest BCUT2D eigenvalue weighted by molar-refractivity contribution is 5.94. The number of nitrogens with zero attached hydrogens (tertiary/aromatic N) is 1. The van der Waals surface area contributed by atoms with E-state index in [1.807, 2.05) is 32.9 Å². The van der Waals surface area contributed by atoms with Gasteiger partial charge in [0.25, 0.3) is 5.91 Å². The predicted molar refractivity (Wildman–Crippen MR) is 84.1 cm³/mol. The van der Waals surface area contributed by atoms with Crippen LogP contribution >= 0.6 is 0 Å². The van der Waals surface area contributed by atoms with Crippen LogP contribution in [0, 0.1) is 0 Å². The second-order valence-electron chi connectivity index (χ2n) is 5.59. The summed E-state index contributed by atoms with van der Waals surface area (Å²) in [7, 11) is 3.39. The number of likely N-dealkylation sites (N-methyl/N-ethyl adjacent to an activating group) is 2. The van der Waals surface area contributed by atoms with Crippen molar-refractivity contribution in [2.75, 3.05) is 20.6 Å². The Labute approximate surface area is 126 Å². The zero-order chi connectivity index (χ0) is 16.0. The molecule has 0 fully saturated rings. The molecule has 0 unspecified atom stereocenters. The standard InChI is InChI=1S/C16H25N3O2/c1-6-18-16(2,3)15(21)19(5)11-12-7-9-13(10-8-12)14(20)17-4/h7-10,18H,6,11H2,1-5H3,(H,17,20). The van der Waals surface area contributed by atoms with E-state index < -0.39 is 5.54 Å². The van der Waals surface area contributed by atoms with Crippen molar-refractivity contribution in [1.82, 2.24) is 15.5 Å². The summed E-state index contributed by atoms with van der Waals surface area (Å²) in [6.07, 6.45) is 0. The van der Waals surface area contributed by atoms with Crippen LogP contribution in [0.5, 0.6) is 0 Å². The lowest BCUT2D eigenvalue weighted by atomic mass is 10.0. The van der Waals surface area contributed by atoms with Crippen LogP contribution in [-0.2, 0) is 11.3 Å². The van der Waals surface area contributed by atoms with E-state index in [0.29, 0.717) is 12.1 Å². The first-order valence-electron chi connectivity index (χ1n) is 7.13. The van der Waals surface area contributed by atoms with Gasteiger partial charge in [-0.15, -0.1) is 0 Å². The van der Waals surface area contributed by atoms with Crippen LogP contribution in [0.15, 0.2) is 24.3 Å². The molecule has 0 aliphatic heterocycles. The second kappa shape index (κ2) is 7.22. The molecule has 0 aromatic heterocycles. The molecule has 0 radical (unpaired) electrons. The third-order valence-electron chi connectivity index (χ3n) is 3.36. The Kier molecular flexibility index (Phi) is 5.90. The first-order valence-corrected chi connectivity index (χ1v) is 7.13. The molecule has 1 aromatic carbocycles. The Bertz CT molecular complexity index is 495. The highest BCUT2D eigenvalue weighted by atomic mass is 16.2. The van der Waals surface area contributed by atoms with Crippen molar-refractivity contribution in [1.29, 1.82) is 0 Å². The largest absolute Gasteiger partial charge is 0.355 e. The average Bonchev–Trinajstić information content (AvgIpc) is 2.46. The van der Waals surface area contributed by atoms with Gasteiger partial charge in [-0.3, -0.25) is 9.59 Å². The Morgan fingerprint density at radius 3 is 2.24 bits per heavy atom. The maximum absolute atomic E-state index is 12.4. The summed E-state index contributed by atoms with van der Waals surface area (Å²) in [5, 5.41) is 5.76. The summed E-state index contributed by atoms with van der Waals surface area (Å²) in [4.78, 5) is 25.5. The van der Waals surface area contributed by atoms with Crippen molar-refractivity contribution in [3.05, 3.63) is 35.4 Å². The van der Waals surface area contributed by atoms with Gasteiger partial charge in [0.1, 0.15) is 0 Å². The van der Waals surface area contributed by atoms with E-state index in [2.05, 4.69) is 10.6 Å². The molecule has 0 bridgehead atoms. The van der Waals surface area contributed by atoms with Gasteiger partial charge >= 0.3 is 0 Å². The quantitative estimate of drug-likeness (QED) is 0.832. The Hall–Kier alpha value is -1.88. The number of amides is 2. The van der Waals surface area contributed by atoms with Gasteiger partial charge in [0.15, 0.2) is 0 Å². The van der Waals surface area contributed by atoms with Crippen molar-refractivity contribution in [2.45, 2.75) is 32.9 Å². The third kappa shape index (κ3) is 4.56. The van der Waals surface area contributed by atoms with Crippen molar-refractivity contribution < 1.29 is 9.59 Å². The summed E-state index contributed by atoms with van der Waals surface area (Å²) in [6, 6.07) is 7.27. The molecule has 0 saturated heterocycles. The van der Waals surface area contributed by atoms with E-state index in [-0.39, 0.29) is 11.8 Å². The molecule has 1 aromatic rings. The molecular weight excluding hydrogens is 266 g/mol. The molecule has 116 valence electrons. The fraction of sp³-hybridized carbons (Fsp3) is 0.500. The number of hydrogen-bond acceptors (Lipinski definition) is 3. The molecule has 0 spiro atoms. The van der Waals surface area contributed by atoms with Gasteiger partial charge in [0.05, 0.1) is 5.54 Å². The van der Waals surface area contributed by atoms with Crippen LogP contribution < -0.4 is 10.6 Å². The minimum absolute atomic E-state index is 0.0414. The van der Waals surface area contributed by atoms with Gasteiger partial charge < -0.3 is 15.5 Å². The van der Waals surface area contributed by atoms with Gasteiger partial charge in [0.2, 0.25) is 5.91 Å². The van der Waals surface area contributed by atoms with Gasteiger partial charge in [-0.05, 0) is 38.1 Å². The molecule has 0 atom stereocenters. The molecule has 0 aliphatic carbocycles. The Morgan fingerprint density at radius 2 is 1.76 bits per heavy atom. The molecule has 1 rings (SSSR count). The van der Waals surface area contributed by atoms with E-state index in [4.69, 9.17) is 0 Å². The molecule has 2 N–H and O–H groups in total. The van der Waals surface area contributed by atoms with Crippen molar-refractivity contribution in [3.63, 3.8) is 0 Å². The lowest BCUT2D eigenvalue weighted by Gasteiger charge is -2.30. The maximum Gasteiger partial charge on any atom is 0.251 e.